The first-order chi connectivity index (χ1) is 14.4. The number of hydrogen-bond donors (Lipinski definition) is 2. The minimum Gasteiger partial charge on any atom is -0.405 e. The standard InChI is InChI=1S/C21H29F3N4O2.HI/c1-25-20(26-13-16-9-5-6-10-18(16)30-21(22,23)24)27-17-11-12-28(14-17)19(29)15-7-3-2-4-8-15;/h5-6,9-10,15,17H,2-4,7-8,11-14H2,1H3,(H2,25,26,27);1H. The van der Waals surface area contributed by atoms with Crippen molar-refractivity contribution >= 4 is 35.8 Å². The molecule has 31 heavy (non-hydrogen) atoms. The summed E-state index contributed by atoms with van der Waals surface area (Å²) in [6.07, 6.45) is 1.50. The Kier molecular flexibility index (Phi) is 9.70. The molecule has 0 spiro atoms. The van der Waals surface area contributed by atoms with Crippen molar-refractivity contribution in [3.8, 4) is 5.75 Å². The Hall–Kier alpha value is -1.72. The molecule has 0 bridgehead atoms. The van der Waals surface area contributed by atoms with E-state index in [9.17, 15) is 18.0 Å². The summed E-state index contributed by atoms with van der Waals surface area (Å²) in [5.74, 6) is 0.645. The Labute approximate surface area is 198 Å². The number of ether oxygens (including phenoxy) is 1. The zero-order valence-corrected chi connectivity index (χ0v) is 19.9. The molecule has 1 atom stereocenters. The molecule has 1 aromatic rings. The van der Waals surface area contributed by atoms with Gasteiger partial charge in [-0.1, -0.05) is 37.5 Å². The minimum absolute atomic E-state index is 0. The predicted octanol–water partition coefficient (Wildman–Crippen LogP) is 4.05. The molecule has 6 nitrogen and oxygen atoms in total. The molecule has 3 rings (SSSR count). The highest BCUT2D eigenvalue weighted by Gasteiger charge is 2.33. The molecule has 1 heterocycles. The van der Waals surface area contributed by atoms with E-state index in [2.05, 4.69) is 20.4 Å². The van der Waals surface area contributed by atoms with Gasteiger partial charge in [0.25, 0.3) is 0 Å². The molecule has 1 saturated heterocycles. The van der Waals surface area contributed by atoms with Crippen molar-refractivity contribution in [1.82, 2.24) is 15.5 Å². The van der Waals surface area contributed by atoms with Crippen LogP contribution in [0.5, 0.6) is 5.75 Å². The van der Waals surface area contributed by atoms with Gasteiger partial charge in [0.15, 0.2) is 5.96 Å². The molecule has 1 aliphatic heterocycles. The average molecular weight is 554 g/mol. The van der Waals surface area contributed by atoms with Gasteiger partial charge in [0, 0.05) is 44.2 Å². The van der Waals surface area contributed by atoms with Crippen molar-refractivity contribution in [2.75, 3.05) is 20.1 Å². The minimum atomic E-state index is -4.74. The normalized spacial score (nSPS) is 20.2. The molecule has 0 aromatic heterocycles. The number of guanidine groups is 1. The van der Waals surface area contributed by atoms with E-state index in [1.165, 1.54) is 18.6 Å². The number of nitrogens with zero attached hydrogens (tertiary/aromatic N) is 2. The van der Waals surface area contributed by atoms with Crippen LogP contribution in [0.25, 0.3) is 0 Å². The molecule has 1 amide bonds. The van der Waals surface area contributed by atoms with E-state index in [-0.39, 0.29) is 54.1 Å². The third-order valence-electron chi connectivity index (χ3n) is 5.66. The molecule has 174 valence electrons. The number of benzene rings is 1. The largest absolute Gasteiger partial charge is 0.573 e. The van der Waals surface area contributed by atoms with Crippen molar-refractivity contribution < 1.29 is 22.7 Å². The Bertz CT molecular complexity index is 754. The van der Waals surface area contributed by atoms with Gasteiger partial charge >= 0.3 is 6.36 Å². The summed E-state index contributed by atoms with van der Waals surface area (Å²) in [5.41, 5.74) is 0.373. The fourth-order valence-electron chi connectivity index (χ4n) is 4.13. The zero-order chi connectivity index (χ0) is 21.6. The van der Waals surface area contributed by atoms with Crippen LogP contribution in [-0.2, 0) is 11.3 Å². The lowest BCUT2D eigenvalue weighted by Crippen LogP contribution is -2.45. The number of halogens is 4. The number of hydrogen-bond acceptors (Lipinski definition) is 3. The van der Waals surface area contributed by atoms with E-state index in [0.717, 1.165) is 32.1 Å². The highest BCUT2D eigenvalue weighted by atomic mass is 127. The molecular formula is C21H30F3IN4O2. The summed E-state index contributed by atoms with van der Waals surface area (Å²) in [4.78, 5) is 18.8. The van der Waals surface area contributed by atoms with Gasteiger partial charge in [-0.3, -0.25) is 9.79 Å². The third kappa shape index (κ3) is 7.73. The SMILES string of the molecule is CN=C(NCc1ccccc1OC(F)(F)F)NC1CCN(C(=O)C2CCCCC2)C1.I. The molecule has 1 unspecified atom stereocenters. The van der Waals surface area contributed by atoms with Crippen LogP contribution in [-0.4, -0.2) is 49.3 Å². The lowest BCUT2D eigenvalue weighted by Gasteiger charge is -2.26. The predicted molar refractivity (Wildman–Crippen MR) is 123 cm³/mol. The number of nitrogens with one attached hydrogen (secondary N) is 2. The monoisotopic (exact) mass is 554 g/mol. The van der Waals surface area contributed by atoms with Crippen LogP contribution in [0.4, 0.5) is 13.2 Å². The summed E-state index contributed by atoms with van der Waals surface area (Å²) < 4.78 is 41.8. The number of likely N-dealkylation sites (tertiary alicyclic amines) is 1. The van der Waals surface area contributed by atoms with Gasteiger partial charge in [0.1, 0.15) is 5.75 Å². The van der Waals surface area contributed by atoms with E-state index in [1.807, 2.05) is 4.90 Å². The third-order valence-corrected chi connectivity index (χ3v) is 5.66. The van der Waals surface area contributed by atoms with E-state index in [4.69, 9.17) is 0 Å². The van der Waals surface area contributed by atoms with Crippen molar-refractivity contribution in [1.29, 1.82) is 0 Å². The van der Waals surface area contributed by atoms with E-state index < -0.39 is 6.36 Å². The maximum atomic E-state index is 12.7. The number of carbonyl (C=O) groups excluding carboxylic acids is 1. The first-order valence-electron chi connectivity index (χ1n) is 10.5. The molecule has 2 N–H and O–H groups in total. The average Bonchev–Trinajstić information content (AvgIpc) is 3.19. The van der Waals surface area contributed by atoms with Gasteiger partial charge in [-0.2, -0.15) is 0 Å². The molecule has 1 aliphatic carbocycles. The zero-order valence-electron chi connectivity index (χ0n) is 17.6. The molecule has 0 radical (unpaired) electrons. The summed E-state index contributed by atoms with van der Waals surface area (Å²) in [7, 11) is 1.60. The summed E-state index contributed by atoms with van der Waals surface area (Å²) in [6, 6.07) is 6.06. The molecule has 10 heteroatoms. The lowest BCUT2D eigenvalue weighted by atomic mass is 9.88. The van der Waals surface area contributed by atoms with Crippen LogP contribution in [0.15, 0.2) is 29.3 Å². The van der Waals surface area contributed by atoms with Gasteiger partial charge < -0.3 is 20.3 Å². The van der Waals surface area contributed by atoms with Crippen LogP contribution < -0.4 is 15.4 Å². The quantitative estimate of drug-likeness (QED) is 0.328. The van der Waals surface area contributed by atoms with Gasteiger partial charge in [-0.15, -0.1) is 37.1 Å². The number of alkyl halides is 3. The first-order valence-corrected chi connectivity index (χ1v) is 10.5. The second-order valence-corrected chi connectivity index (χ2v) is 7.83. The van der Waals surface area contributed by atoms with Crippen molar-refractivity contribution in [2.45, 2.75) is 57.5 Å². The Balaban J connectivity index is 0.00000341. The number of rotatable bonds is 5. The molecule has 1 saturated carbocycles. The molecule has 2 aliphatic rings. The van der Waals surface area contributed by atoms with Gasteiger partial charge in [-0.25, -0.2) is 0 Å². The van der Waals surface area contributed by atoms with Crippen molar-refractivity contribution in [3.63, 3.8) is 0 Å². The van der Waals surface area contributed by atoms with Gasteiger partial charge in [0.2, 0.25) is 5.91 Å². The van der Waals surface area contributed by atoms with Gasteiger partial charge in [-0.05, 0) is 25.3 Å². The fourth-order valence-corrected chi connectivity index (χ4v) is 4.13. The highest BCUT2D eigenvalue weighted by Crippen LogP contribution is 2.27. The fraction of sp³-hybridized carbons (Fsp3) is 0.619. The Morgan fingerprint density at radius 1 is 1.19 bits per heavy atom. The smallest absolute Gasteiger partial charge is 0.405 e. The number of amides is 1. The number of aliphatic imine (C=N–C) groups is 1. The Morgan fingerprint density at radius 3 is 2.58 bits per heavy atom. The second-order valence-electron chi connectivity index (χ2n) is 7.83. The maximum Gasteiger partial charge on any atom is 0.573 e. The highest BCUT2D eigenvalue weighted by molar-refractivity contribution is 14.0. The van der Waals surface area contributed by atoms with Crippen molar-refractivity contribution in [2.24, 2.45) is 10.9 Å². The van der Waals surface area contributed by atoms with Gasteiger partial charge in [0.05, 0.1) is 0 Å². The molecule has 1 aromatic carbocycles. The summed E-state index contributed by atoms with van der Waals surface area (Å²) >= 11 is 0. The maximum absolute atomic E-state index is 12.7. The first kappa shape index (κ1) is 25.5. The molecule has 2 fully saturated rings. The van der Waals surface area contributed by atoms with E-state index in [1.54, 1.807) is 19.2 Å². The molecular weight excluding hydrogens is 524 g/mol. The van der Waals surface area contributed by atoms with Crippen LogP contribution in [0.1, 0.15) is 44.1 Å². The lowest BCUT2D eigenvalue weighted by molar-refractivity contribution is -0.274. The summed E-state index contributed by atoms with van der Waals surface area (Å²) in [5, 5.41) is 6.31. The topological polar surface area (TPSA) is 66.0 Å². The van der Waals surface area contributed by atoms with Crippen molar-refractivity contribution in [3.05, 3.63) is 29.8 Å². The number of carbonyl (C=O) groups is 1. The van der Waals surface area contributed by atoms with Crippen LogP contribution in [0.2, 0.25) is 0 Å². The van der Waals surface area contributed by atoms with Crippen LogP contribution in [0.3, 0.4) is 0 Å². The summed E-state index contributed by atoms with van der Waals surface area (Å²) in [6.45, 7) is 1.46. The Morgan fingerprint density at radius 2 is 1.90 bits per heavy atom. The van der Waals surface area contributed by atoms with E-state index >= 15 is 0 Å². The van der Waals surface area contributed by atoms with E-state index in [0.29, 0.717) is 24.6 Å². The van der Waals surface area contributed by atoms with Crippen LogP contribution >= 0.6 is 24.0 Å². The second kappa shape index (κ2) is 11.8. The number of para-hydroxylation sites is 1. The van der Waals surface area contributed by atoms with Crippen LogP contribution in [0, 0.1) is 5.92 Å².